The minimum atomic E-state index is -1.11. The van der Waals surface area contributed by atoms with Gasteiger partial charge in [0.2, 0.25) is 17.6 Å². The summed E-state index contributed by atoms with van der Waals surface area (Å²) in [6.07, 6.45) is 6.35. The summed E-state index contributed by atoms with van der Waals surface area (Å²) in [7, 11) is 0. The van der Waals surface area contributed by atoms with E-state index in [9.17, 15) is 24.0 Å². The third-order valence-electron chi connectivity index (χ3n) is 6.33. The second-order valence-corrected chi connectivity index (χ2v) is 12.1. The summed E-state index contributed by atoms with van der Waals surface area (Å²) in [6, 6.07) is 0.932. The number of primary amides is 1. The van der Waals surface area contributed by atoms with Crippen molar-refractivity contribution >= 4 is 29.5 Å². The van der Waals surface area contributed by atoms with Crippen LogP contribution in [-0.2, 0) is 25.7 Å². The van der Waals surface area contributed by atoms with Crippen LogP contribution in [0.2, 0.25) is 0 Å². The van der Waals surface area contributed by atoms with Crippen LogP contribution >= 0.6 is 0 Å². The molecule has 0 aromatic carbocycles. The number of amides is 5. The van der Waals surface area contributed by atoms with Crippen molar-refractivity contribution in [1.82, 2.24) is 25.8 Å². The second-order valence-electron chi connectivity index (χ2n) is 12.1. The number of ketones is 1. The summed E-state index contributed by atoms with van der Waals surface area (Å²) >= 11 is 0. The zero-order valence-electron chi connectivity index (χ0n) is 23.3. The Bertz CT molecular complexity index is 1010. The predicted octanol–water partition coefficient (Wildman–Crippen LogP) is 1.65. The molecule has 0 saturated heterocycles. The van der Waals surface area contributed by atoms with E-state index >= 15 is 0 Å². The zero-order valence-corrected chi connectivity index (χ0v) is 23.3. The number of nitrogens with two attached hydrogens (primary N) is 1. The number of Topliss-reactive ketones (excluding diaryl/α,β-unsaturated/α-hetero) is 1. The maximum Gasteiger partial charge on any atom is 0.315 e. The van der Waals surface area contributed by atoms with Crippen LogP contribution in [0.25, 0.3) is 0 Å². The minimum absolute atomic E-state index is 0.0704. The van der Waals surface area contributed by atoms with E-state index in [1.54, 1.807) is 24.5 Å². The lowest BCUT2D eigenvalue weighted by Crippen LogP contribution is -2.59. The van der Waals surface area contributed by atoms with Gasteiger partial charge in [0.25, 0.3) is 5.91 Å². The summed E-state index contributed by atoms with van der Waals surface area (Å²) in [6.45, 7) is 10.6. The molecule has 1 fully saturated rings. The maximum atomic E-state index is 13.8. The van der Waals surface area contributed by atoms with Crippen LogP contribution in [0.4, 0.5) is 4.79 Å². The Labute approximate surface area is 224 Å². The number of carbonyl (C=O) groups excluding carboxylic acids is 5. The molecule has 1 aliphatic rings. The molecule has 1 aromatic rings. The van der Waals surface area contributed by atoms with Gasteiger partial charge in [0.05, 0.1) is 12.6 Å². The van der Waals surface area contributed by atoms with Gasteiger partial charge in [0.15, 0.2) is 0 Å². The molecular formula is C27H42N6O5. The predicted molar refractivity (Wildman–Crippen MR) is 142 cm³/mol. The molecule has 2 rings (SSSR count). The molecule has 0 aliphatic heterocycles. The average molecular weight is 531 g/mol. The molecule has 5 amide bonds. The lowest BCUT2D eigenvalue weighted by Gasteiger charge is -2.36. The Hall–Kier alpha value is -3.50. The fraction of sp³-hybridized carbons (Fsp3) is 0.630. The van der Waals surface area contributed by atoms with Crippen molar-refractivity contribution < 1.29 is 24.0 Å². The van der Waals surface area contributed by atoms with Crippen LogP contribution in [0.3, 0.4) is 0 Å². The van der Waals surface area contributed by atoms with Gasteiger partial charge in [-0.1, -0.05) is 40.0 Å². The van der Waals surface area contributed by atoms with Crippen LogP contribution in [0.5, 0.6) is 0 Å². The first-order valence-corrected chi connectivity index (χ1v) is 13.0. The van der Waals surface area contributed by atoms with Crippen LogP contribution in [0.1, 0.15) is 72.8 Å². The van der Waals surface area contributed by atoms with Crippen molar-refractivity contribution in [3.05, 3.63) is 30.1 Å². The summed E-state index contributed by atoms with van der Waals surface area (Å²) in [4.78, 5) is 69.0. The standard InChI is InChI=1S/C27H42N6O5/c1-26(2,3)22(31-25(38)32-27(4,5)6)24(37)33(15-18-10-12-29-13-11-18)16-20(34)30-19(21(35)23(28)36)14-17-8-7-9-17/h10-13,17,19,22H,7-9,14-16H2,1-6H3,(H2,28,36)(H,30,34)(H2,31,32,38)/t19?,22-/m1/s1. The largest absolute Gasteiger partial charge is 0.363 e. The molecule has 11 nitrogen and oxygen atoms in total. The number of rotatable bonds is 11. The summed E-state index contributed by atoms with van der Waals surface area (Å²) in [5.74, 6) is -2.80. The molecule has 1 heterocycles. The van der Waals surface area contributed by atoms with Gasteiger partial charge in [-0.05, 0) is 56.2 Å². The Kier molecular flexibility index (Phi) is 10.4. The maximum absolute atomic E-state index is 13.8. The quantitative estimate of drug-likeness (QED) is 0.318. The van der Waals surface area contributed by atoms with E-state index in [-0.39, 0.29) is 19.0 Å². The molecular weight excluding hydrogens is 488 g/mol. The summed E-state index contributed by atoms with van der Waals surface area (Å²) in [5, 5.41) is 8.18. The molecule has 0 radical (unpaired) electrons. The molecule has 210 valence electrons. The summed E-state index contributed by atoms with van der Waals surface area (Å²) in [5.41, 5.74) is 4.74. The lowest BCUT2D eigenvalue weighted by atomic mass is 9.80. The normalized spacial score (nSPS) is 15.4. The number of hydrogen-bond acceptors (Lipinski definition) is 6. The van der Waals surface area contributed by atoms with Crippen LogP contribution in [0.15, 0.2) is 24.5 Å². The van der Waals surface area contributed by atoms with Crippen molar-refractivity contribution in [2.75, 3.05) is 6.54 Å². The molecule has 1 aliphatic carbocycles. The Morgan fingerprint density at radius 1 is 1.03 bits per heavy atom. The number of aromatic nitrogens is 1. The highest BCUT2D eigenvalue weighted by molar-refractivity contribution is 6.37. The Balaban J connectivity index is 2.28. The van der Waals surface area contributed by atoms with Gasteiger partial charge >= 0.3 is 6.03 Å². The SMILES string of the molecule is CC(C)(C)NC(=O)N[C@H](C(=O)N(CC(=O)NC(CC1CCC1)C(=O)C(N)=O)Cc1ccncc1)C(C)(C)C. The van der Waals surface area contributed by atoms with Gasteiger partial charge in [-0.25, -0.2) is 4.79 Å². The lowest BCUT2D eigenvalue weighted by molar-refractivity contribution is -0.142. The molecule has 5 N–H and O–H groups in total. The fourth-order valence-corrected chi connectivity index (χ4v) is 4.14. The zero-order chi connectivity index (χ0) is 28.7. The Morgan fingerprint density at radius 2 is 1.63 bits per heavy atom. The van der Waals surface area contributed by atoms with E-state index in [2.05, 4.69) is 20.9 Å². The van der Waals surface area contributed by atoms with Crippen LogP contribution in [0, 0.1) is 11.3 Å². The molecule has 1 unspecified atom stereocenters. The Morgan fingerprint density at radius 3 is 2.11 bits per heavy atom. The minimum Gasteiger partial charge on any atom is -0.363 e. The monoisotopic (exact) mass is 530 g/mol. The second kappa shape index (κ2) is 12.8. The molecule has 0 bridgehead atoms. The third-order valence-corrected chi connectivity index (χ3v) is 6.33. The average Bonchev–Trinajstić information content (AvgIpc) is 2.76. The van der Waals surface area contributed by atoms with Gasteiger partial charge in [-0.2, -0.15) is 0 Å². The van der Waals surface area contributed by atoms with Gasteiger partial charge in [-0.15, -0.1) is 0 Å². The van der Waals surface area contributed by atoms with Crippen molar-refractivity contribution in [3.8, 4) is 0 Å². The van der Waals surface area contributed by atoms with E-state index in [1.807, 2.05) is 41.5 Å². The smallest absolute Gasteiger partial charge is 0.315 e. The van der Waals surface area contributed by atoms with E-state index < -0.39 is 52.6 Å². The number of nitrogens with zero attached hydrogens (tertiary/aromatic N) is 2. The van der Waals surface area contributed by atoms with Crippen molar-refractivity contribution in [3.63, 3.8) is 0 Å². The van der Waals surface area contributed by atoms with Crippen LogP contribution in [-0.4, -0.2) is 63.6 Å². The summed E-state index contributed by atoms with van der Waals surface area (Å²) < 4.78 is 0. The molecule has 38 heavy (non-hydrogen) atoms. The van der Waals surface area contributed by atoms with Crippen molar-refractivity contribution in [2.24, 2.45) is 17.1 Å². The van der Waals surface area contributed by atoms with E-state index in [4.69, 9.17) is 5.73 Å². The van der Waals surface area contributed by atoms with Gasteiger partial charge in [0.1, 0.15) is 6.04 Å². The van der Waals surface area contributed by atoms with Gasteiger partial charge < -0.3 is 26.6 Å². The third kappa shape index (κ3) is 9.75. The molecule has 11 heteroatoms. The molecule has 2 atom stereocenters. The van der Waals surface area contributed by atoms with E-state index in [0.717, 1.165) is 24.8 Å². The van der Waals surface area contributed by atoms with Crippen LogP contribution < -0.4 is 21.7 Å². The van der Waals surface area contributed by atoms with Crippen molar-refractivity contribution in [1.29, 1.82) is 0 Å². The number of hydrogen-bond donors (Lipinski definition) is 4. The van der Waals surface area contributed by atoms with E-state index in [1.165, 1.54) is 4.90 Å². The molecule has 1 aromatic heterocycles. The topological polar surface area (TPSA) is 164 Å². The van der Waals surface area contributed by atoms with Gasteiger partial charge in [0, 0.05) is 24.5 Å². The first-order chi connectivity index (χ1) is 17.6. The number of urea groups is 1. The first-order valence-electron chi connectivity index (χ1n) is 13.0. The molecule has 0 spiro atoms. The van der Waals surface area contributed by atoms with Crippen molar-refractivity contribution in [2.45, 2.75) is 91.4 Å². The highest BCUT2D eigenvalue weighted by Gasteiger charge is 2.37. The van der Waals surface area contributed by atoms with Gasteiger partial charge in [-0.3, -0.25) is 24.2 Å². The van der Waals surface area contributed by atoms with E-state index in [0.29, 0.717) is 6.42 Å². The first kappa shape index (κ1) is 30.7. The number of carbonyl (C=O) groups is 5. The highest BCUT2D eigenvalue weighted by atomic mass is 16.2. The fourth-order valence-electron chi connectivity index (χ4n) is 4.14. The highest BCUT2D eigenvalue weighted by Crippen LogP contribution is 2.30. The number of nitrogens with one attached hydrogen (secondary N) is 3. The molecule has 1 saturated carbocycles. The number of pyridine rings is 1.